The Kier molecular flexibility index (Phi) is 12.3. The molecule has 49 heavy (non-hydrogen) atoms. The van der Waals surface area contributed by atoms with Crippen molar-refractivity contribution in [3.05, 3.63) is 120 Å². The maximum atomic E-state index is 11.7. The number of carbonyl (C=O) groups is 1. The molecule has 3 heterocycles. The summed E-state index contributed by atoms with van der Waals surface area (Å²) in [4.78, 5) is 22.5. The van der Waals surface area contributed by atoms with Crippen LogP contribution >= 0.6 is 11.3 Å². The van der Waals surface area contributed by atoms with Gasteiger partial charge in [-0.2, -0.15) is 0 Å². The fraction of sp³-hybridized carbons (Fsp3) is 0.279. The SMILES string of the molecule is CCC(CC)C(=O)/C=C(\O)C(CC)CC.[Ir].[c-]1c(-c2nccc3sc4c(c23)-c2ccncc2CC4)cc(-c2ccccc2)c2ccccc12. The zero-order valence-corrected chi connectivity index (χ0v) is 31.8. The monoisotopic (exact) mass is 844 g/mol. The molecule has 0 atom stereocenters. The Labute approximate surface area is 307 Å². The number of fused-ring (bicyclic) bond motifs is 6. The molecule has 1 N–H and O–H groups in total. The summed E-state index contributed by atoms with van der Waals surface area (Å²) in [5, 5.41) is 13.3. The first-order valence-electron chi connectivity index (χ1n) is 17.3. The van der Waals surface area contributed by atoms with Gasteiger partial charge in [-0.3, -0.25) is 14.8 Å². The van der Waals surface area contributed by atoms with Gasteiger partial charge in [0.1, 0.15) is 0 Å². The Hall–Kier alpha value is -3.96. The number of carbonyl (C=O) groups excluding carboxylic acids is 1. The van der Waals surface area contributed by atoms with Crippen molar-refractivity contribution in [2.45, 2.75) is 66.2 Å². The number of thiophene rings is 1. The molecular formula is C43H43IrN2O2S-. The molecule has 0 amide bonds. The molecule has 0 unspecified atom stereocenters. The third kappa shape index (κ3) is 7.62. The largest absolute Gasteiger partial charge is 0.512 e. The summed E-state index contributed by atoms with van der Waals surface area (Å²) in [5.41, 5.74) is 8.44. The number of hydrogen-bond donors (Lipinski definition) is 1. The third-order valence-electron chi connectivity index (χ3n) is 9.67. The van der Waals surface area contributed by atoms with Gasteiger partial charge in [-0.1, -0.05) is 92.7 Å². The van der Waals surface area contributed by atoms with Crippen LogP contribution in [0.25, 0.3) is 54.4 Å². The summed E-state index contributed by atoms with van der Waals surface area (Å²) >= 11 is 1.90. The van der Waals surface area contributed by atoms with Crippen LogP contribution in [-0.2, 0) is 37.7 Å². The molecule has 253 valence electrons. The number of allylic oxidation sites excluding steroid dienone is 2. The van der Waals surface area contributed by atoms with Gasteiger partial charge in [0.2, 0.25) is 0 Å². The zero-order valence-electron chi connectivity index (χ0n) is 28.6. The average Bonchev–Trinajstić information content (AvgIpc) is 3.52. The fourth-order valence-electron chi connectivity index (χ4n) is 6.87. The van der Waals surface area contributed by atoms with Crippen molar-refractivity contribution in [2.24, 2.45) is 11.8 Å². The molecule has 3 aromatic carbocycles. The van der Waals surface area contributed by atoms with Crippen molar-refractivity contribution in [2.75, 3.05) is 0 Å². The van der Waals surface area contributed by atoms with Gasteiger partial charge in [0, 0.05) is 71.9 Å². The van der Waals surface area contributed by atoms with E-state index in [9.17, 15) is 9.90 Å². The van der Waals surface area contributed by atoms with Gasteiger partial charge < -0.3 is 5.11 Å². The Morgan fingerprint density at radius 1 is 0.878 bits per heavy atom. The number of aliphatic hydroxyl groups is 1. The van der Waals surface area contributed by atoms with Gasteiger partial charge in [-0.25, -0.2) is 0 Å². The second kappa shape index (κ2) is 16.6. The molecule has 0 aliphatic heterocycles. The standard InChI is InChI=1S/C30H19N2S.C13H24O2.Ir/c1-2-6-19(7-3-1)25-17-22(16-20-8-4-5-9-23(20)25)30-29-27(13-15-32-30)33-26-11-10-21-18-31-14-12-24(21)28(26)29;1-5-10(6-2)12(14)9-13(15)11(7-3)8-4;/h1-9,12-15,17-18H,10-11H2;9-11,14H,5-8H2,1-4H3;/q-1;;/b;12-9-;. The molecule has 1 aliphatic rings. The van der Waals surface area contributed by atoms with E-state index in [0.717, 1.165) is 55.2 Å². The van der Waals surface area contributed by atoms with E-state index in [1.54, 1.807) is 0 Å². The second-order valence-electron chi connectivity index (χ2n) is 12.5. The van der Waals surface area contributed by atoms with Crippen LogP contribution in [0.1, 0.15) is 63.8 Å². The number of ketones is 1. The molecule has 7 rings (SSSR count). The zero-order chi connectivity index (χ0) is 33.6. The number of hydrogen-bond acceptors (Lipinski definition) is 5. The van der Waals surface area contributed by atoms with Gasteiger partial charge in [0.15, 0.2) is 5.78 Å². The van der Waals surface area contributed by atoms with Gasteiger partial charge in [0.25, 0.3) is 0 Å². The van der Waals surface area contributed by atoms with Crippen molar-refractivity contribution < 1.29 is 30.0 Å². The average molecular weight is 844 g/mol. The molecule has 0 fully saturated rings. The van der Waals surface area contributed by atoms with Gasteiger partial charge in [-0.05, 0) is 78.3 Å². The normalized spacial score (nSPS) is 12.3. The van der Waals surface area contributed by atoms with Crippen LogP contribution in [0, 0.1) is 17.9 Å². The summed E-state index contributed by atoms with van der Waals surface area (Å²) in [7, 11) is 0. The summed E-state index contributed by atoms with van der Waals surface area (Å²) < 4.78 is 1.29. The molecular weight excluding hydrogens is 801 g/mol. The molecule has 3 aromatic heterocycles. The summed E-state index contributed by atoms with van der Waals surface area (Å²) in [6.45, 7) is 8.07. The predicted octanol–water partition coefficient (Wildman–Crippen LogP) is 11.6. The quantitative estimate of drug-likeness (QED) is 0.0895. The molecule has 0 saturated heterocycles. The van der Waals surface area contributed by atoms with Crippen LogP contribution < -0.4 is 0 Å². The van der Waals surface area contributed by atoms with E-state index in [0.29, 0.717) is 0 Å². The fourth-order valence-corrected chi connectivity index (χ4v) is 8.08. The predicted molar refractivity (Wildman–Crippen MR) is 201 cm³/mol. The molecule has 0 saturated carbocycles. The van der Waals surface area contributed by atoms with Crippen molar-refractivity contribution in [1.82, 2.24) is 9.97 Å². The molecule has 4 nitrogen and oxygen atoms in total. The number of nitrogens with zero attached hydrogens (tertiary/aromatic N) is 2. The maximum Gasteiger partial charge on any atom is 0.162 e. The number of rotatable bonds is 9. The number of aliphatic hydroxyl groups excluding tert-OH is 1. The molecule has 1 radical (unpaired) electrons. The Morgan fingerprint density at radius 3 is 2.33 bits per heavy atom. The van der Waals surface area contributed by atoms with E-state index in [2.05, 4.69) is 83.8 Å². The van der Waals surface area contributed by atoms with Gasteiger partial charge in [0.05, 0.1) is 5.76 Å². The minimum Gasteiger partial charge on any atom is -0.512 e. The van der Waals surface area contributed by atoms with E-state index in [4.69, 9.17) is 4.98 Å². The van der Waals surface area contributed by atoms with Crippen molar-refractivity contribution in [3.63, 3.8) is 0 Å². The molecule has 6 heteroatoms. The van der Waals surface area contributed by atoms with E-state index in [1.165, 1.54) is 54.2 Å². The maximum absolute atomic E-state index is 11.7. The number of pyridine rings is 2. The molecule has 6 aromatic rings. The van der Waals surface area contributed by atoms with Crippen LogP contribution in [0.15, 0.2) is 103 Å². The van der Waals surface area contributed by atoms with Crippen LogP contribution in [0.4, 0.5) is 0 Å². The van der Waals surface area contributed by atoms with Crippen molar-refractivity contribution >= 4 is 38.0 Å². The smallest absolute Gasteiger partial charge is 0.162 e. The molecule has 0 spiro atoms. The number of aromatic nitrogens is 2. The van der Waals surface area contributed by atoms with Gasteiger partial charge in [-0.15, -0.1) is 34.9 Å². The summed E-state index contributed by atoms with van der Waals surface area (Å²) in [6, 6.07) is 29.4. The Balaban J connectivity index is 0.000000252. The third-order valence-corrected chi connectivity index (χ3v) is 10.9. The van der Waals surface area contributed by atoms with E-state index >= 15 is 0 Å². The van der Waals surface area contributed by atoms with Crippen molar-refractivity contribution in [3.8, 4) is 33.5 Å². The first-order valence-corrected chi connectivity index (χ1v) is 18.1. The minimum atomic E-state index is 0. The van der Waals surface area contributed by atoms with E-state index in [-0.39, 0.29) is 43.5 Å². The van der Waals surface area contributed by atoms with Crippen LogP contribution in [-0.4, -0.2) is 20.9 Å². The van der Waals surface area contributed by atoms with E-state index < -0.39 is 0 Å². The van der Waals surface area contributed by atoms with Crippen molar-refractivity contribution in [1.29, 1.82) is 0 Å². The van der Waals surface area contributed by atoms with Crippen LogP contribution in [0.2, 0.25) is 0 Å². The van der Waals surface area contributed by atoms with Gasteiger partial charge >= 0.3 is 0 Å². The number of benzene rings is 3. The molecule has 0 bridgehead atoms. The summed E-state index contributed by atoms with van der Waals surface area (Å²) in [5.74, 6) is 0.547. The Bertz CT molecular complexity index is 2080. The second-order valence-corrected chi connectivity index (χ2v) is 13.6. The Morgan fingerprint density at radius 2 is 1.59 bits per heavy atom. The van der Waals surface area contributed by atoms with Crippen LogP contribution in [0.5, 0.6) is 0 Å². The first kappa shape index (κ1) is 36.3. The van der Waals surface area contributed by atoms with Crippen LogP contribution in [0.3, 0.4) is 0 Å². The van der Waals surface area contributed by atoms with E-state index in [1.807, 2.05) is 57.6 Å². The minimum absolute atomic E-state index is 0. The summed E-state index contributed by atoms with van der Waals surface area (Å²) in [6.07, 6.45) is 12.9. The number of aryl methyl sites for hydroxylation is 2. The molecule has 1 aliphatic carbocycles. The first-order chi connectivity index (χ1) is 23.5. The topological polar surface area (TPSA) is 63.1 Å².